The van der Waals surface area contributed by atoms with Crippen LogP contribution < -0.4 is 4.90 Å². The summed E-state index contributed by atoms with van der Waals surface area (Å²) in [6.07, 6.45) is 1.61. The first-order valence-corrected chi connectivity index (χ1v) is 6.53. The number of carbonyl (C=O) groups is 1. The maximum atomic E-state index is 11.2. The Morgan fingerprint density at radius 1 is 1.44 bits per heavy atom. The third-order valence-electron chi connectivity index (χ3n) is 2.61. The van der Waals surface area contributed by atoms with Crippen LogP contribution >= 0.6 is 11.3 Å². The van der Waals surface area contributed by atoms with E-state index in [0.717, 1.165) is 23.1 Å². The number of thiazole rings is 1. The number of ketones is 1. The molecule has 2 rings (SSSR count). The topological polar surface area (TPSA) is 46.1 Å². The van der Waals surface area contributed by atoms with E-state index < -0.39 is 0 Å². The van der Waals surface area contributed by atoms with Gasteiger partial charge >= 0.3 is 0 Å². The molecule has 0 bridgehead atoms. The first kappa shape index (κ1) is 12.7. The number of aryl methyl sites for hydroxylation is 1. The van der Waals surface area contributed by atoms with Crippen LogP contribution in [0.5, 0.6) is 0 Å². The molecule has 0 atom stereocenters. The number of hydrogen-bond acceptors (Lipinski definition) is 5. The molecule has 0 N–H and O–H groups in total. The van der Waals surface area contributed by atoms with Crippen molar-refractivity contribution in [2.45, 2.75) is 20.4 Å². The predicted octanol–water partition coefficient (Wildman–Crippen LogP) is 2.69. The second-order valence-corrected chi connectivity index (χ2v) is 5.24. The van der Waals surface area contributed by atoms with Crippen LogP contribution in [0.1, 0.15) is 28.0 Å². The third kappa shape index (κ3) is 2.92. The fourth-order valence-electron chi connectivity index (χ4n) is 1.62. The summed E-state index contributed by atoms with van der Waals surface area (Å²) < 4.78 is 0. The van der Waals surface area contributed by atoms with Crippen LogP contribution in [0.15, 0.2) is 23.7 Å². The van der Waals surface area contributed by atoms with Crippen molar-refractivity contribution in [3.63, 3.8) is 0 Å². The highest BCUT2D eigenvalue weighted by Gasteiger charge is 2.07. The molecule has 2 aromatic rings. The van der Waals surface area contributed by atoms with Gasteiger partial charge in [0.1, 0.15) is 5.82 Å². The molecule has 0 fully saturated rings. The van der Waals surface area contributed by atoms with Crippen molar-refractivity contribution in [1.82, 2.24) is 9.97 Å². The summed E-state index contributed by atoms with van der Waals surface area (Å²) in [6.45, 7) is 4.25. The molecule has 4 nitrogen and oxygen atoms in total. The fourth-order valence-corrected chi connectivity index (χ4v) is 2.23. The van der Waals surface area contributed by atoms with Gasteiger partial charge in [-0.3, -0.25) is 4.79 Å². The normalized spacial score (nSPS) is 10.4. The van der Waals surface area contributed by atoms with E-state index in [1.165, 1.54) is 0 Å². The van der Waals surface area contributed by atoms with E-state index >= 15 is 0 Å². The predicted molar refractivity (Wildman–Crippen MR) is 73.2 cm³/mol. The van der Waals surface area contributed by atoms with E-state index in [0.29, 0.717) is 5.56 Å². The van der Waals surface area contributed by atoms with Gasteiger partial charge in [-0.1, -0.05) is 0 Å². The van der Waals surface area contributed by atoms with Crippen molar-refractivity contribution in [3.8, 4) is 0 Å². The molecule has 0 amide bonds. The molecule has 2 aromatic heterocycles. The van der Waals surface area contributed by atoms with E-state index in [9.17, 15) is 4.79 Å². The summed E-state index contributed by atoms with van der Waals surface area (Å²) in [7, 11) is 1.96. The largest absolute Gasteiger partial charge is 0.354 e. The first-order valence-electron chi connectivity index (χ1n) is 5.65. The second-order valence-electron chi connectivity index (χ2n) is 4.18. The van der Waals surface area contributed by atoms with Gasteiger partial charge in [-0.05, 0) is 26.0 Å². The molecule has 0 saturated heterocycles. The van der Waals surface area contributed by atoms with Gasteiger partial charge < -0.3 is 4.90 Å². The van der Waals surface area contributed by atoms with E-state index in [-0.39, 0.29) is 5.78 Å². The fraction of sp³-hybridized carbons (Fsp3) is 0.308. The Hall–Kier alpha value is -1.75. The van der Waals surface area contributed by atoms with Crippen molar-refractivity contribution in [2.75, 3.05) is 11.9 Å². The number of carbonyl (C=O) groups excluding carboxylic acids is 1. The Bertz CT molecular complexity index is 548. The van der Waals surface area contributed by atoms with Gasteiger partial charge in [-0.15, -0.1) is 11.3 Å². The van der Waals surface area contributed by atoms with Crippen LogP contribution in [-0.2, 0) is 6.54 Å². The lowest BCUT2D eigenvalue weighted by atomic mass is 10.2. The number of Topliss-reactive ketones (excluding diaryl/α,β-unsaturated/α-hetero) is 1. The molecule has 0 aliphatic rings. The summed E-state index contributed by atoms with van der Waals surface area (Å²) in [5.41, 5.74) is 1.68. The molecular weight excluding hydrogens is 246 g/mol. The Labute approximate surface area is 110 Å². The molecule has 5 heteroatoms. The molecule has 0 radical (unpaired) electrons. The van der Waals surface area contributed by atoms with E-state index in [1.807, 2.05) is 24.9 Å². The van der Waals surface area contributed by atoms with Crippen molar-refractivity contribution >= 4 is 22.9 Å². The van der Waals surface area contributed by atoms with Crippen LogP contribution in [0.4, 0.5) is 5.82 Å². The highest BCUT2D eigenvalue weighted by Crippen LogP contribution is 2.15. The van der Waals surface area contributed by atoms with E-state index in [2.05, 4.69) is 15.3 Å². The number of nitrogens with zero attached hydrogens (tertiary/aromatic N) is 3. The van der Waals surface area contributed by atoms with Crippen LogP contribution in [0.2, 0.25) is 0 Å². The molecular formula is C13H15N3OS. The van der Waals surface area contributed by atoms with Crippen LogP contribution in [-0.4, -0.2) is 22.8 Å². The first-order chi connectivity index (χ1) is 8.56. The molecule has 0 saturated carbocycles. The Morgan fingerprint density at radius 2 is 2.22 bits per heavy atom. The Balaban J connectivity index is 2.09. The monoisotopic (exact) mass is 261 g/mol. The maximum absolute atomic E-state index is 11.2. The summed E-state index contributed by atoms with van der Waals surface area (Å²) in [5.74, 6) is 0.873. The van der Waals surface area contributed by atoms with Gasteiger partial charge in [-0.2, -0.15) is 0 Å². The molecule has 0 aliphatic carbocycles. The molecule has 0 aromatic carbocycles. The van der Waals surface area contributed by atoms with Crippen molar-refractivity contribution in [1.29, 1.82) is 0 Å². The van der Waals surface area contributed by atoms with Crippen molar-refractivity contribution in [2.24, 2.45) is 0 Å². The lowest BCUT2D eigenvalue weighted by Crippen LogP contribution is -2.18. The zero-order chi connectivity index (χ0) is 13.1. The van der Waals surface area contributed by atoms with E-state index in [1.54, 1.807) is 30.5 Å². The van der Waals surface area contributed by atoms with Crippen LogP contribution in [0.3, 0.4) is 0 Å². The highest BCUT2D eigenvalue weighted by molar-refractivity contribution is 7.09. The van der Waals surface area contributed by atoms with Gasteiger partial charge in [0.25, 0.3) is 0 Å². The summed E-state index contributed by atoms with van der Waals surface area (Å²) >= 11 is 1.65. The minimum Gasteiger partial charge on any atom is -0.354 e. The Kier molecular flexibility index (Phi) is 3.72. The molecule has 0 spiro atoms. The smallest absolute Gasteiger partial charge is 0.161 e. The van der Waals surface area contributed by atoms with Gasteiger partial charge in [0.05, 0.1) is 17.2 Å². The lowest BCUT2D eigenvalue weighted by molar-refractivity contribution is 0.101. The highest BCUT2D eigenvalue weighted by atomic mass is 32.1. The maximum Gasteiger partial charge on any atom is 0.161 e. The van der Waals surface area contributed by atoms with Gasteiger partial charge in [0, 0.05) is 24.2 Å². The molecule has 94 valence electrons. The SMILES string of the molecule is CC(=O)c1ccc(N(C)Cc2csc(C)n2)nc1. The minimum absolute atomic E-state index is 0.0341. The molecule has 0 unspecified atom stereocenters. The second kappa shape index (κ2) is 5.27. The average Bonchev–Trinajstić information content (AvgIpc) is 2.75. The zero-order valence-corrected chi connectivity index (χ0v) is 11.5. The van der Waals surface area contributed by atoms with Crippen LogP contribution in [0, 0.1) is 6.92 Å². The molecule has 0 aliphatic heterocycles. The summed E-state index contributed by atoms with van der Waals surface area (Å²) in [5, 5.41) is 3.12. The minimum atomic E-state index is 0.0341. The molecule has 18 heavy (non-hydrogen) atoms. The van der Waals surface area contributed by atoms with Gasteiger partial charge in [-0.25, -0.2) is 9.97 Å². The van der Waals surface area contributed by atoms with Gasteiger partial charge in [0.15, 0.2) is 5.78 Å². The number of hydrogen-bond donors (Lipinski definition) is 0. The van der Waals surface area contributed by atoms with Gasteiger partial charge in [0.2, 0.25) is 0 Å². The average molecular weight is 261 g/mol. The molecule has 2 heterocycles. The summed E-state index contributed by atoms with van der Waals surface area (Å²) in [4.78, 5) is 21.9. The number of aromatic nitrogens is 2. The van der Waals surface area contributed by atoms with Crippen LogP contribution in [0.25, 0.3) is 0 Å². The number of pyridine rings is 1. The summed E-state index contributed by atoms with van der Waals surface area (Å²) in [6, 6.07) is 3.66. The van der Waals surface area contributed by atoms with E-state index in [4.69, 9.17) is 0 Å². The zero-order valence-electron chi connectivity index (χ0n) is 10.7. The third-order valence-corrected chi connectivity index (χ3v) is 3.43. The standard InChI is InChI=1S/C13H15N3OS/c1-9(17)11-4-5-13(14-6-11)16(3)7-12-8-18-10(2)15-12/h4-6,8H,7H2,1-3H3. The van der Waals surface area contributed by atoms with Crippen molar-refractivity contribution in [3.05, 3.63) is 40.0 Å². The number of rotatable bonds is 4. The quantitative estimate of drug-likeness (QED) is 0.794. The van der Waals surface area contributed by atoms with Crippen molar-refractivity contribution < 1.29 is 4.79 Å². The Morgan fingerprint density at radius 3 is 2.72 bits per heavy atom. The number of anilines is 1. The lowest BCUT2D eigenvalue weighted by Gasteiger charge is -2.16.